The van der Waals surface area contributed by atoms with Crippen molar-refractivity contribution < 1.29 is 4.39 Å². The fraction of sp³-hybridized carbons (Fsp3) is 0.267. The monoisotopic (exact) mass is 244 g/mol. The first-order valence-corrected chi connectivity index (χ1v) is 6.19. The first-order chi connectivity index (χ1) is 8.81. The Balaban J connectivity index is 2.21. The Hall–Kier alpha value is -1.90. The summed E-state index contributed by atoms with van der Waals surface area (Å²) in [5.41, 5.74) is 1.75. The molecule has 0 aliphatic rings. The van der Waals surface area contributed by atoms with Gasteiger partial charge in [-0.2, -0.15) is 0 Å². The summed E-state index contributed by atoms with van der Waals surface area (Å²) in [6.45, 7) is 3.61. The van der Waals surface area contributed by atoms with E-state index in [0.717, 1.165) is 18.5 Å². The molecule has 1 aromatic heterocycles. The van der Waals surface area contributed by atoms with Gasteiger partial charge in [-0.25, -0.2) is 4.39 Å². The maximum absolute atomic E-state index is 13.8. The molecule has 0 saturated heterocycles. The van der Waals surface area contributed by atoms with Crippen molar-refractivity contribution in [1.29, 1.82) is 0 Å². The normalized spacial score (nSPS) is 10.3. The maximum Gasteiger partial charge on any atom is 0.146 e. The van der Waals surface area contributed by atoms with Crippen LogP contribution in [0.2, 0.25) is 0 Å². The molecule has 94 valence electrons. The van der Waals surface area contributed by atoms with Crippen LogP contribution < -0.4 is 4.90 Å². The van der Waals surface area contributed by atoms with Gasteiger partial charge in [-0.1, -0.05) is 25.1 Å². The molecule has 18 heavy (non-hydrogen) atoms. The van der Waals surface area contributed by atoms with E-state index in [1.54, 1.807) is 12.3 Å². The van der Waals surface area contributed by atoms with E-state index in [1.807, 2.05) is 35.4 Å². The largest absolute Gasteiger partial charge is 0.365 e. The molecule has 0 fully saturated rings. The molecule has 2 aromatic rings. The minimum atomic E-state index is -0.171. The molecule has 0 unspecified atom stereocenters. The van der Waals surface area contributed by atoms with Gasteiger partial charge in [0.25, 0.3) is 0 Å². The van der Waals surface area contributed by atoms with E-state index in [9.17, 15) is 4.39 Å². The summed E-state index contributed by atoms with van der Waals surface area (Å²) in [5.74, 6) is -0.171. The molecule has 0 aliphatic heterocycles. The zero-order chi connectivity index (χ0) is 12.8. The molecule has 3 heteroatoms. The Kier molecular flexibility index (Phi) is 4.29. The van der Waals surface area contributed by atoms with Gasteiger partial charge in [-0.15, -0.1) is 0 Å². The molecule has 1 heterocycles. The van der Waals surface area contributed by atoms with Gasteiger partial charge in [0.1, 0.15) is 5.82 Å². The van der Waals surface area contributed by atoms with Crippen LogP contribution in [0.5, 0.6) is 0 Å². The third-order valence-electron chi connectivity index (χ3n) is 2.78. The molecule has 0 atom stereocenters. The number of aromatic nitrogens is 1. The highest BCUT2D eigenvalue weighted by Crippen LogP contribution is 2.20. The number of benzene rings is 1. The van der Waals surface area contributed by atoms with E-state index >= 15 is 0 Å². The van der Waals surface area contributed by atoms with E-state index in [1.165, 1.54) is 6.07 Å². The second-order valence-electron chi connectivity index (χ2n) is 4.23. The van der Waals surface area contributed by atoms with Crippen LogP contribution in [0.4, 0.5) is 10.1 Å². The highest BCUT2D eigenvalue weighted by molar-refractivity contribution is 5.48. The van der Waals surface area contributed by atoms with Crippen molar-refractivity contribution in [2.45, 2.75) is 19.9 Å². The number of rotatable bonds is 5. The summed E-state index contributed by atoms with van der Waals surface area (Å²) in [5, 5.41) is 0. The molecule has 0 saturated carbocycles. The van der Waals surface area contributed by atoms with Gasteiger partial charge in [0.05, 0.1) is 5.69 Å². The van der Waals surface area contributed by atoms with Crippen LogP contribution in [0.15, 0.2) is 48.8 Å². The molecule has 0 bridgehead atoms. The lowest BCUT2D eigenvalue weighted by Crippen LogP contribution is -2.24. The number of nitrogens with zero attached hydrogens (tertiary/aromatic N) is 2. The predicted octanol–water partition coefficient (Wildman–Crippen LogP) is 3.64. The number of hydrogen-bond donors (Lipinski definition) is 0. The third kappa shape index (κ3) is 3.06. The molecular formula is C15H17FN2. The summed E-state index contributed by atoms with van der Waals surface area (Å²) in [6, 6.07) is 10.8. The number of pyridine rings is 1. The van der Waals surface area contributed by atoms with Gasteiger partial charge in [-0.3, -0.25) is 4.98 Å². The molecule has 0 spiro atoms. The second kappa shape index (κ2) is 6.15. The van der Waals surface area contributed by atoms with Crippen LogP contribution in [-0.2, 0) is 6.54 Å². The van der Waals surface area contributed by atoms with Crippen molar-refractivity contribution in [3.8, 4) is 0 Å². The van der Waals surface area contributed by atoms with Crippen LogP contribution in [-0.4, -0.2) is 11.5 Å². The standard InChI is InChI=1S/C15H17FN2/c1-2-10-18(12-13-6-5-9-17-11-13)15-8-4-3-7-14(15)16/h3-9,11H,2,10,12H2,1H3. The Morgan fingerprint density at radius 2 is 2.00 bits per heavy atom. The number of halogens is 1. The summed E-state index contributed by atoms with van der Waals surface area (Å²) in [7, 11) is 0. The van der Waals surface area contributed by atoms with Gasteiger partial charge in [0, 0.05) is 25.5 Å². The van der Waals surface area contributed by atoms with Crippen molar-refractivity contribution >= 4 is 5.69 Å². The van der Waals surface area contributed by atoms with Crippen molar-refractivity contribution in [2.75, 3.05) is 11.4 Å². The van der Waals surface area contributed by atoms with Gasteiger partial charge in [0.15, 0.2) is 0 Å². The first-order valence-electron chi connectivity index (χ1n) is 6.19. The minimum absolute atomic E-state index is 0.171. The quantitative estimate of drug-likeness (QED) is 0.798. The molecular weight excluding hydrogens is 227 g/mol. The Morgan fingerprint density at radius 3 is 2.67 bits per heavy atom. The van der Waals surface area contributed by atoms with E-state index < -0.39 is 0 Å². The molecule has 0 N–H and O–H groups in total. The summed E-state index contributed by atoms with van der Waals surface area (Å²) in [4.78, 5) is 6.14. The summed E-state index contributed by atoms with van der Waals surface area (Å²) >= 11 is 0. The second-order valence-corrected chi connectivity index (χ2v) is 4.23. The fourth-order valence-corrected chi connectivity index (χ4v) is 1.97. The lowest BCUT2D eigenvalue weighted by atomic mass is 10.2. The minimum Gasteiger partial charge on any atom is -0.365 e. The van der Waals surface area contributed by atoms with Gasteiger partial charge in [-0.05, 0) is 30.2 Å². The molecule has 1 aromatic carbocycles. The molecule has 0 aliphatic carbocycles. The van der Waals surface area contributed by atoms with Crippen molar-refractivity contribution in [2.24, 2.45) is 0 Å². The van der Waals surface area contributed by atoms with Crippen LogP contribution in [0.25, 0.3) is 0 Å². The van der Waals surface area contributed by atoms with Crippen LogP contribution in [0.3, 0.4) is 0 Å². The highest BCUT2D eigenvalue weighted by atomic mass is 19.1. The van der Waals surface area contributed by atoms with Gasteiger partial charge in [0.2, 0.25) is 0 Å². The zero-order valence-corrected chi connectivity index (χ0v) is 10.5. The van der Waals surface area contributed by atoms with E-state index in [4.69, 9.17) is 0 Å². The van der Waals surface area contributed by atoms with E-state index in [-0.39, 0.29) is 5.82 Å². The van der Waals surface area contributed by atoms with Crippen LogP contribution in [0, 0.1) is 5.82 Å². The first kappa shape index (κ1) is 12.6. The zero-order valence-electron chi connectivity index (χ0n) is 10.5. The van der Waals surface area contributed by atoms with Crippen molar-refractivity contribution in [3.05, 3.63) is 60.2 Å². The third-order valence-corrected chi connectivity index (χ3v) is 2.78. The molecule has 2 rings (SSSR count). The summed E-state index contributed by atoms with van der Waals surface area (Å²) < 4.78 is 13.8. The van der Waals surface area contributed by atoms with E-state index in [0.29, 0.717) is 12.2 Å². The number of hydrogen-bond acceptors (Lipinski definition) is 2. The summed E-state index contributed by atoms with van der Waals surface area (Å²) in [6.07, 6.45) is 4.55. The van der Waals surface area contributed by atoms with Crippen LogP contribution >= 0.6 is 0 Å². The topological polar surface area (TPSA) is 16.1 Å². The Morgan fingerprint density at radius 1 is 1.17 bits per heavy atom. The van der Waals surface area contributed by atoms with Crippen molar-refractivity contribution in [1.82, 2.24) is 4.98 Å². The molecule has 0 amide bonds. The molecule has 2 nitrogen and oxygen atoms in total. The van der Waals surface area contributed by atoms with Crippen LogP contribution in [0.1, 0.15) is 18.9 Å². The number of para-hydroxylation sites is 1. The lowest BCUT2D eigenvalue weighted by Gasteiger charge is -2.24. The maximum atomic E-state index is 13.8. The average molecular weight is 244 g/mol. The predicted molar refractivity (Wildman–Crippen MR) is 72.0 cm³/mol. The van der Waals surface area contributed by atoms with Gasteiger partial charge < -0.3 is 4.90 Å². The Bertz CT molecular complexity index is 485. The SMILES string of the molecule is CCCN(Cc1cccnc1)c1ccccc1F. The molecule has 0 radical (unpaired) electrons. The Labute approximate surface area is 107 Å². The van der Waals surface area contributed by atoms with Crippen molar-refractivity contribution in [3.63, 3.8) is 0 Å². The number of anilines is 1. The fourth-order valence-electron chi connectivity index (χ4n) is 1.97. The average Bonchev–Trinajstić information content (AvgIpc) is 2.40. The smallest absolute Gasteiger partial charge is 0.146 e. The van der Waals surface area contributed by atoms with Gasteiger partial charge >= 0.3 is 0 Å². The van der Waals surface area contributed by atoms with E-state index in [2.05, 4.69) is 11.9 Å². The lowest BCUT2D eigenvalue weighted by molar-refractivity contribution is 0.614. The highest BCUT2D eigenvalue weighted by Gasteiger charge is 2.10.